The first-order chi connectivity index (χ1) is 6.61. The molecule has 76 valence electrons. The number of methoxy groups -OCH3 is 1. The molecular weight excluding hydrogens is 227 g/mol. The lowest BCUT2D eigenvalue weighted by Gasteiger charge is -2.04. The van der Waals surface area contributed by atoms with Gasteiger partial charge in [0.1, 0.15) is 10.3 Å². The van der Waals surface area contributed by atoms with Crippen LogP contribution in [0, 0.1) is 0 Å². The summed E-state index contributed by atoms with van der Waals surface area (Å²) in [6, 6.07) is 3.23. The third-order valence-corrected chi connectivity index (χ3v) is 1.83. The van der Waals surface area contributed by atoms with E-state index < -0.39 is 6.09 Å². The maximum Gasteiger partial charge on any atom is 0.407 e. The summed E-state index contributed by atoms with van der Waals surface area (Å²) in [6.45, 7) is 0.300. The van der Waals surface area contributed by atoms with Crippen LogP contribution in [0.15, 0.2) is 12.1 Å². The lowest BCUT2D eigenvalue weighted by molar-refractivity contribution is 0.170. The summed E-state index contributed by atoms with van der Waals surface area (Å²) in [5.74, 6) is 0. The molecule has 14 heavy (non-hydrogen) atoms. The summed E-state index contributed by atoms with van der Waals surface area (Å²) in [4.78, 5) is 14.5. The number of carbonyl (C=O) groups is 1. The molecule has 1 N–H and O–H groups in total. The number of alkyl carbamates (subject to hydrolysis) is 1. The molecule has 0 saturated carbocycles. The van der Waals surface area contributed by atoms with Crippen molar-refractivity contribution in [3.63, 3.8) is 0 Å². The number of carbonyl (C=O) groups excluding carboxylic acids is 1. The Morgan fingerprint density at radius 3 is 2.57 bits per heavy atom. The van der Waals surface area contributed by atoms with Crippen LogP contribution >= 0.6 is 23.2 Å². The van der Waals surface area contributed by atoms with Crippen molar-refractivity contribution < 1.29 is 9.53 Å². The molecule has 0 saturated heterocycles. The van der Waals surface area contributed by atoms with E-state index in [2.05, 4.69) is 15.0 Å². The molecule has 0 aromatic carbocycles. The van der Waals surface area contributed by atoms with Gasteiger partial charge in [-0.3, -0.25) is 0 Å². The Morgan fingerprint density at radius 2 is 2.07 bits per heavy atom. The summed E-state index contributed by atoms with van der Waals surface area (Å²) in [7, 11) is 1.29. The molecule has 0 unspecified atom stereocenters. The average Bonchev–Trinajstić information content (AvgIpc) is 2.12. The minimum absolute atomic E-state index is 0.291. The highest BCUT2D eigenvalue weighted by Gasteiger charge is 2.02. The molecule has 0 bridgehead atoms. The summed E-state index contributed by atoms with van der Waals surface area (Å²) >= 11 is 11.3. The van der Waals surface area contributed by atoms with Gasteiger partial charge in [-0.05, 0) is 17.7 Å². The van der Waals surface area contributed by atoms with Crippen LogP contribution in [0.1, 0.15) is 5.56 Å². The van der Waals surface area contributed by atoms with E-state index >= 15 is 0 Å². The van der Waals surface area contributed by atoms with E-state index in [1.165, 1.54) is 7.11 Å². The van der Waals surface area contributed by atoms with Crippen LogP contribution in [0.3, 0.4) is 0 Å². The molecule has 0 aliphatic carbocycles. The Morgan fingerprint density at radius 1 is 1.50 bits per heavy atom. The van der Waals surface area contributed by atoms with E-state index in [0.717, 1.165) is 5.56 Å². The molecule has 1 aromatic heterocycles. The first kappa shape index (κ1) is 11.1. The van der Waals surface area contributed by atoms with Crippen LogP contribution in [0.25, 0.3) is 0 Å². The molecular formula is C8H8Cl2N2O2. The van der Waals surface area contributed by atoms with Gasteiger partial charge in [-0.25, -0.2) is 9.78 Å². The van der Waals surface area contributed by atoms with Gasteiger partial charge in [0, 0.05) is 6.54 Å². The standard InChI is InChI=1S/C8H8Cl2N2O2/c1-14-8(13)11-4-5-2-6(9)12-7(10)3-5/h2-3H,4H2,1H3,(H,11,13). The second-order valence-corrected chi connectivity index (χ2v) is 3.24. The Bertz CT molecular complexity index is 324. The fraction of sp³-hybridized carbons (Fsp3) is 0.250. The van der Waals surface area contributed by atoms with Crippen molar-refractivity contribution in [2.45, 2.75) is 6.54 Å². The number of pyridine rings is 1. The number of hydrogen-bond donors (Lipinski definition) is 1. The zero-order valence-corrected chi connectivity index (χ0v) is 8.89. The molecule has 0 spiro atoms. The Balaban J connectivity index is 2.63. The normalized spacial score (nSPS) is 9.64. The van der Waals surface area contributed by atoms with Crippen molar-refractivity contribution in [3.05, 3.63) is 28.0 Å². The zero-order valence-electron chi connectivity index (χ0n) is 7.38. The Hall–Kier alpha value is -1.00. The largest absolute Gasteiger partial charge is 0.453 e. The zero-order chi connectivity index (χ0) is 10.6. The number of amides is 1. The number of halogens is 2. The maximum absolute atomic E-state index is 10.7. The highest BCUT2D eigenvalue weighted by Crippen LogP contribution is 2.14. The van der Waals surface area contributed by atoms with Crippen LogP contribution in [0.5, 0.6) is 0 Å². The monoisotopic (exact) mass is 234 g/mol. The van der Waals surface area contributed by atoms with Crippen LogP contribution < -0.4 is 5.32 Å². The van der Waals surface area contributed by atoms with Crippen LogP contribution in [0.2, 0.25) is 10.3 Å². The Labute approximate surface area is 91.2 Å². The number of aromatic nitrogens is 1. The fourth-order valence-corrected chi connectivity index (χ4v) is 1.37. The molecule has 0 fully saturated rings. The third kappa shape index (κ3) is 3.40. The highest BCUT2D eigenvalue weighted by atomic mass is 35.5. The number of nitrogens with one attached hydrogen (secondary N) is 1. The smallest absolute Gasteiger partial charge is 0.407 e. The number of rotatable bonds is 2. The second kappa shape index (κ2) is 5.02. The molecule has 0 aliphatic heterocycles. The van der Waals surface area contributed by atoms with Crippen molar-refractivity contribution in [2.24, 2.45) is 0 Å². The molecule has 4 nitrogen and oxygen atoms in total. The molecule has 1 heterocycles. The van der Waals surface area contributed by atoms with Gasteiger partial charge in [0.25, 0.3) is 0 Å². The SMILES string of the molecule is COC(=O)NCc1cc(Cl)nc(Cl)c1. The number of ether oxygens (including phenoxy) is 1. The van der Waals surface area contributed by atoms with Gasteiger partial charge in [-0.2, -0.15) is 0 Å². The molecule has 1 amide bonds. The van der Waals surface area contributed by atoms with E-state index in [0.29, 0.717) is 16.9 Å². The highest BCUT2D eigenvalue weighted by molar-refractivity contribution is 6.32. The average molecular weight is 235 g/mol. The quantitative estimate of drug-likeness (QED) is 0.799. The minimum atomic E-state index is -0.506. The Kier molecular flexibility index (Phi) is 3.98. The third-order valence-electron chi connectivity index (χ3n) is 1.44. The topological polar surface area (TPSA) is 51.2 Å². The maximum atomic E-state index is 10.7. The van der Waals surface area contributed by atoms with Crippen molar-refractivity contribution in [1.29, 1.82) is 0 Å². The molecule has 1 rings (SSSR count). The predicted octanol–water partition coefficient (Wildman–Crippen LogP) is 2.24. The van der Waals surface area contributed by atoms with Crippen LogP contribution in [-0.2, 0) is 11.3 Å². The fourth-order valence-electron chi connectivity index (χ4n) is 0.863. The lowest BCUT2D eigenvalue weighted by atomic mass is 10.3. The molecule has 0 aliphatic rings. The molecule has 0 atom stereocenters. The minimum Gasteiger partial charge on any atom is -0.453 e. The van der Waals surface area contributed by atoms with Crippen molar-refractivity contribution in [3.8, 4) is 0 Å². The van der Waals surface area contributed by atoms with Gasteiger partial charge < -0.3 is 10.1 Å². The van der Waals surface area contributed by atoms with Gasteiger partial charge in [0.05, 0.1) is 7.11 Å². The van der Waals surface area contributed by atoms with Gasteiger partial charge >= 0.3 is 6.09 Å². The summed E-state index contributed by atoms with van der Waals surface area (Å²) in [6.07, 6.45) is -0.506. The first-order valence-corrected chi connectivity index (χ1v) is 4.51. The lowest BCUT2D eigenvalue weighted by Crippen LogP contribution is -2.22. The number of nitrogens with zero attached hydrogens (tertiary/aromatic N) is 1. The summed E-state index contributed by atoms with van der Waals surface area (Å²) < 4.78 is 4.40. The van der Waals surface area contributed by atoms with Crippen molar-refractivity contribution in [2.75, 3.05) is 7.11 Å². The van der Waals surface area contributed by atoms with Crippen molar-refractivity contribution in [1.82, 2.24) is 10.3 Å². The van der Waals surface area contributed by atoms with E-state index in [4.69, 9.17) is 23.2 Å². The van der Waals surface area contributed by atoms with Crippen molar-refractivity contribution >= 4 is 29.3 Å². The first-order valence-electron chi connectivity index (χ1n) is 3.75. The van der Waals surface area contributed by atoms with E-state index in [1.807, 2.05) is 0 Å². The van der Waals surface area contributed by atoms with Crippen LogP contribution in [-0.4, -0.2) is 18.2 Å². The van der Waals surface area contributed by atoms with E-state index in [-0.39, 0.29) is 0 Å². The molecule has 1 aromatic rings. The molecule has 6 heteroatoms. The van der Waals surface area contributed by atoms with E-state index in [1.54, 1.807) is 12.1 Å². The van der Waals surface area contributed by atoms with Gasteiger partial charge in [-0.15, -0.1) is 0 Å². The number of hydrogen-bond acceptors (Lipinski definition) is 3. The summed E-state index contributed by atoms with van der Waals surface area (Å²) in [5.41, 5.74) is 0.764. The second-order valence-electron chi connectivity index (χ2n) is 2.47. The summed E-state index contributed by atoms with van der Waals surface area (Å²) in [5, 5.41) is 3.08. The van der Waals surface area contributed by atoms with Crippen LogP contribution in [0.4, 0.5) is 4.79 Å². The van der Waals surface area contributed by atoms with Gasteiger partial charge in [-0.1, -0.05) is 23.2 Å². The van der Waals surface area contributed by atoms with Gasteiger partial charge in [0.15, 0.2) is 0 Å². The van der Waals surface area contributed by atoms with E-state index in [9.17, 15) is 4.79 Å². The molecule has 0 radical (unpaired) electrons. The van der Waals surface area contributed by atoms with Gasteiger partial charge in [0.2, 0.25) is 0 Å². The predicted molar refractivity (Wildman–Crippen MR) is 53.5 cm³/mol.